The molecule has 0 aliphatic carbocycles. The van der Waals surface area contributed by atoms with Crippen LogP contribution in [0.2, 0.25) is 10.0 Å². The topological polar surface area (TPSA) is 29.9 Å². The minimum Gasteiger partial charge on any atom is -0.379 e. The van der Waals surface area contributed by atoms with Crippen molar-refractivity contribution in [3.63, 3.8) is 0 Å². The van der Waals surface area contributed by atoms with Gasteiger partial charge in [0.1, 0.15) is 0 Å². The van der Waals surface area contributed by atoms with E-state index >= 15 is 0 Å². The van der Waals surface area contributed by atoms with Gasteiger partial charge in [-0.1, -0.05) is 23.2 Å². The molecule has 0 saturated heterocycles. The summed E-state index contributed by atoms with van der Waals surface area (Å²) in [6.45, 7) is 0.564. The molecule has 0 unspecified atom stereocenters. The Bertz CT molecular complexity index is 516. The largest absolute Gasteiger partial charge is 0.379 e. The predicted molar refractivity (Wildman–Crippen MR) is 67.0 cm³/mol. The minimum absolute atomic E-state index is 0.00464. The number of anilines is 1. The van der Waals surface area contributed by atoms with Crippen molar-refractivity contribution in [2.24, 2.45) is 7.05 Å². The van der Waals surface area contributed by atoms with E-state index in [1.54, 1.807) is 10.9 Å². The normalized spacial score (nSPS) is 10.6. The highest BCUT2D eigenvalue weighted by atomic mass is 35.5. The van der Waals surface area contributed by atoms with E-state index in [4.69, 9.17) is 23.2 Å². The Hall–Kier alpha value is -1.26. The van der Waals surface area contributed by atoms with Gasteiger partial charge < -0.3 is 5.32 Å². The van der Waals surface area contributed by atoms with Gasteiger partial charge in [0.2, 0.25) is 0 Å². The monoisotopic (exact) mass is 273 g/mol. The zero-order valence-electron chi connectivity index (χ0n) is 9.04. The van der Waals surface area contributed by atoms with E-state index in [9.17, 15) is 4.39 Å². The van der Waals surface area contributed by atoms with Crippen molar-refractivity contribution in [2.45, 2.75) is 6.54 Å². The van der Waals surface area contributed by atoms with Crippen LogP contribution < -0.4 is 5.32 Å². The second kappa shape index (κ2) is 4.94. The van der Waals surface area contributed by atoms with Crippen LogP contribution in [0.3, 0.4) is 0 Å². The van der Waals surface area contributed by atoms with Gasteiger partial charge in [0, 0.05) is 18.9 Å². The highest BCUT2D eigenvalue weighted by Crippen LogP contribution is 2.27. The van der Waals surface area contributed by atoms with Crippen molar-refractivity contribution in [3.05, 3.63) is 46.0 Å². The third-order valence-electron chi connectivity index (χ3n) is 2.38. The van der Waals surface area contributed by atoms with Crippen LogP contribution in [0, 0.1) is 5.82 Å². The molecule has 0 fully saturated rings. The molecule has 90 valence electrons. The fourth-order valence-electron chi connectivity index (χ4n) is 1.42. The third-order valence-corrected chi connectivity index (χ3v) is 2.93. The smallest absolute Gasteiger partial charge is 0.160 e. The predicted octanol–water partition coefficient (Wildman–Crippen LogP) is 3.48. The Morgan fingerprint density at radius 2 is 2.00 bits per heavy atom. The van der Waals surface area contributed by atoms with Crippen LogP contribution in [-0.2, 0) is 13.6 Å². The quantitative estimate of drug-likeness (QED) is 0.868. The summed E-state index contributed by atoms with van der Waals surface area (Å²) in [7, 11) is 1.85. The number of hydrogen-bond acceptors (Lipinski definition) is 2. The van der Waals surface area contributed by atoms with Crippen LogP contribution in [-0.4, -0.2) is 9.78 Å². The molecule has 0 amide bonds. The van der Waals surface area contributed by atoms with Crippen LogP contribution in [0.5, 0.6) is 0 Å². The molecule has 0 spiro atoms. The number of aromatic nitrogens is 2. The second-order valence-corrected chi connectivity index (χ2v) is 4.37. The summed E-state index contributed by atoms with van der Waals surface area (Å²) in [4.78, 5) is 0. The maximum absolute atomic E-state index is 13.2. The molecule has 1 aromatic heterocycles. The molecule has 2 rings (SSSR count). The first-order valence-corrected chi connectivity index (χ1v) is 5.69. The molecule has 1 heterocycles. The maximum atomic E-state index is 13.2. The van der Waals surface area contributed by atoms with Gasteiger partial charge in [-0.3, -0.25) is 4.68 Å². The van der Waals surface area contributed by atoms with E-state index in [0.717, 1.165) is 5.69 Å². The lowest BCUT2D eigenvalue weighted by atomic mass is 10.3. The minimum atomic E-state index is -0.598. The average Bonchev–Trinajstić information content (AvgIpc) is 2.69. The number of benzene rings is 1. The van der Waals surface area contributed by atoms with Crippen LogP contribution in [0.15, 0.2) is 24.4 Å². The van der Waals surface area contributed by atoms with Gasteiger partial charge in [0.05, 0.1) is 22.3 Å². The molecule has 0 radical (unpaired) electrons. The molecule has 0 bridgehead atoms. The fraction of sp³-hybridized carbons (Fsp3) is 0.182. The molecule has 0 aliphatic heterocycles. The summed E-state index contributed by atoms with van der Waals surface area (Å²) in [5.74, 6) is -0.598. The van der Waals surface area contributed by atoms with E-state index in [1.807, 2.05) is 13.1 Å². The van der Waals surface area contributed by atoms with Crippen molar-refractivity contribution in [1.29, 1.82) is 0 Å². The molecular formula is C11H10Cl2FN3. The van der Waals surface area contributed by atoms with Gasteiger partial charge >= 0.3 is 0 Å². The van der Waals surface area contributed by atoms with Crippen molar-refractivity contribution in [1.82, 2.24) is 9.78 Å². The van der Waals surface area contributed by atoms with E-state index in [1.165, 1.54) is 12.1 Å². The summed E-state index contributed by atoms with van der Waals surface area (Å²) in [5, 5.41) is 7.15. The number of halogens is 3. The van der Waals surface area contributed by atoms with Crippen LogP contribution in [0.4, 0.5) is 10.1 Å². The Kier molecular flexibility index (Phi) is 3.54. The van der Waals surface area contributed by atoms with Crippen LogP contribution in [0.1, 0.15) is 5.69 Å². The van der Waals surface area contributed by atoms with Crippen molar-refractivity contribution in [2.75, 3.05) is 5.32 Å². The van der Waals surface area contributed by atoms with Gasteiger partial charge in [-0.2, -0.15) is 5.10 Å². The lowest BCUT2D eigenvalue weighted by Gasteiger charge is -2.08. The summed E-state index contributed by atoms with van der Waals surface area (Å²) in [6.07, 6.45) is 1.71. The molecule has 17 heavy (non-hydrogen) atoms. The summed E-state index contributed by atoms with van der Waals surface area (Å²) in [5.41, 5.74) is 1.67. The number of aryl methyl sites for hydroxylation is 1. The first-order valence-electron chi connectivity index (χ1n) is 4.93. The average molecular weight is 274 g/mol. The lowest BCUT2D eigenvalue weighted by Crippen LogP contribution is -2.05. The van der Waals surface area contributed by atoms with Gasteiger partial charge in [-0.05, 0) is 18.2 Å². The molecule has 2 aromatic rings. The zero-order valence-corrected chi connectivity index (χ0v) is 10.6. The Morgan fingerprint density at radius 1 is 1.35 bits per heavy atom. The van der Waals surface area contributed by atoms with Gasteiger partial charge in [0.25, 0.3) is 0 Å². The number of nitrogens with zero attached hydrogens (tertiary/aromatic N) is 2. The number of hydrogen-bond donors (Lipinski definition) is 1. The van der Waals surface area contributed by atoms with Gasteiger partial charge in [0.15, 0.2) is 5.82 Å². The Labute approximate surface area is 108 Å². The summed E-state index contributed by atoms with van der Waals surface area (Å²) in [6, 6.07) is 4.89. The summed E-state index contributed by atoms with van der Waals surface area (Å²) < 4.78 is 14.9. The Balaban J connectivity index is 2.12. The second-order valence-electron chi connectivity index (χ2n) is 3.55. The third kappa shape index (κ3) is 2.70. The van der Waals surface area contributed by atoms with Crippen LogP contribution >= 0.6 is 23.2 Å². The van der Waals surface area contributed by atoms with E-state index in [0.29, 0.717) is 12.2 Å². The summed E-state index contributed by atoms with van der Waals surface area (Å²) >= 11 is 11.4. The van der Waals surface area contributed by atoms with Crippen LogP contribution in [0.25, 0.3) is 0 Å². The van der Waals surface area contributed by atoms with Gasteiger partial charge in [-0.15, -0.1) is 0 Å². The number of nitrogens with one attached hydrogen (secondary N) is 1. The molecule has 1 aromatic carbocycles. The SMILES string of the molecule is Cn1nccc1CNc1cc(Cl)c(F)c(Cl)c1. The van der Waals surface area contributed by atoms with E-state index in [2.05, 4.69) is 10.4 Å². The first kappa shape index (κ1) is 12.2. The highest BCUT2D eigenvalue weighted by molar-refractivity contribution is 6.35. The van der Waals surface area contributed by atoms with Crippen molar-refractivity contribution < 1.29 is 4.39 Å². The van der Waals surface area contributed by atoms with Gasteiger partial charge in [-0.25, -0.2) is 4.39 Å². The number of rotatable bonds is 3. The van der Waals surface area contributed by atoms with Crippen molar-refractivity contribution >= 4 is 28.9 Å². The maximum Gasteiger partial charge on any atom is 0.160 e. The molecule has 0 aliphatic rings. The fourth-order valence-corrected chi connectivity index (χ4v) is 1.91. The molecule has 0 saturated carbocycles. The Morgan fingerprint density at radius 3 is 2.53 bits per heavy atom. The molecule has 6 heteroatoms. The highest BCUT2D eigenvalue weighted by Gasteiger charge is 2.07. The molecule has 1 N–H and O–H groups in total. The molecule has 0 atom stereocenters. The van der Waals surface area contributed by atoms with E-state index in [-0.39, 0.29) is 10.0 Å². The molecule has 3 nitrogen and oxygen atoms in total. The lowest BCUT2D eigenvalue weighted by molar-refractivity contribution is 0.629. The first-order chi connectivity index (χ1) is 8.08. The zero-order chi connectivity index (χ0) is 12.4. The van der Waals surface area contributed by atoms with E-state index < -0.39 is 5.82 Å². The molecular weight excluding hydrogens is 264 g/mol. The standard InChI is InChI=1S/C11H10Cl2FN3/c1-17-8(2-3-16-17)6-15-7-4-9(12)11(14)10(13)5-7/h2-5,15H,6H2,1H3. The van der Waals surface area contributed by atoms with Crippen molar-refractivity contribution in [3.8, 4) is 0 Å².